The van der Waals surface area contributed by atoms with Crippen molar-refractivity contribution in [3.05, 3.63) is 50.0 Å². The van der Waals surface area contributed by atoms with Crippen LogP contribution in [0.3, 0.4) is 0 Å². The summed E-state index contributed by atoms with van der Waals surface area (Å²) in [4.78, 5) is 0. The number of hydrogen-bond acceptors (Lipinski definition) is 6. The Hall–Kier alpha value is -1.44. The highest BCUT2D eigenvalue weighted by Crippen LogP contribution is 2.09. The molecule has 2 N–H and O–H groups in total. The Morgan fingerprint density at radius 2 is 1.00 bits per heavy atom. The molecule has 0 spiro atoms. The van der Waals surface area contributed by atoms with Crippen molar-refractivity contribution in [2.45, 2.75) is 12.8 Å². The molecule has 0 aliphatic rings. The monoisotopic (exact) mass is 344 g/mol. The van der Waals surface area contributed by atoms with Crippen LogP contribution in [0.15, 0.2) is 50.0 Å². The van der Waals surface area contributed by atoms with E-state index >= 15 is 0 Å². The molecule has 0 aromatic heterocycles. The van der Waals surface area contributed by atoms with E-state index in [1.807, 2.05) is 0 Å². The summed E-state index contributed by atoms with van der Waals surface area (Å²) < 4.78 is 20.2. The molecule has 0 bridgehead atoms. The van der Waals surface area contributed by atoms with Gasteiger partial charge in [-0.3, -0.25) is 0 Å². The summed E-state index contributed by atoms with van der Waals surface area (Å²) in [5.41, 5.74) is 0. The number of aliphatic hydroxyl groups excluding tert-OH is 2. The van der Waals surface area contributed by atoms with Gasteiger partial charge in [0.25, 0.3) is 0 Å². The maximum atomic E-state index is 8.36. The van der Waals surface area contributed by atoms with Crippen molar-refractivity contribution in [3.8, 4) is 0 Å². The van der Waals surface area contributed by atoms with Gasteiger partial charge >= 0.3 is 0 Å². The maximum absolute atomic E-state index is 8.36. The molecular weight excluding hydrogens is 312 g/mol. The first-order chi connectivity index (χ1) is 11.6. The summed E-state index contributed by atoms with van der Waals surface area (Å²) in [6.07, 6.45) is 4.80. The van der Waals surface area contributed by atoms with Crippen LogP contribution in [-0.2, 0) is 18.9 Å². The average molecular weight is 344 g/mol. The van der Waals surface area contributed by atoms with E-state index in [1.165, 1.54) is 0 Å². The highest BCUT2D eigenvalue weighted by molar-refractivity contribution is 4.99. The lowest BCUT2D eigenvalue weighted by molar-refractivity contribution is 0.00230. The summed E-state index contributed by atoms with van der Waals surface area (Å²) in [5.74, 6) is 1.35. The minimum atomic E-state index is 0.0413. The van der Waals surface area contributed by atoms with Crippen LogP contribution in [0.1, 0.15) is 12.8 Å². The normalized spacial score (nSPS) is 9.58. The average Bonchev–Trinajstić information content (AvgIpc) is 2.54. The Bertz CT molecular complexity index is 297. The van der Waals surface area contributed by atoms with Crippen LogP contribution in [-0.4, -0.2) is 63.1 Å². The topological polar surface area (TPSA) is 77.4 Å². The third-order valence-corrected chi connectivity index (χ3v) is 2.25. The van der Waals surface area contributed by atoms with Gasteiger partial charge in [0.15, 0.2) is 0 Å². The second kappa shape index (κ2) is 21.6. The van der Waals surface area contributed by atoms with Crippen molar-refractivity contribution in [2.24, 2.45) is 0 Å². The van der Waals surface area contributed by atoms with E-state index in [0.29, 0.717) is 64.0 Å². The minimum absolute atomic E-state index is 0.0413. The van der Waals surface area contributed by atoms with Crippen LogP contribution < -0.4 is 0 Å². The fourth-order valence-corrected chi connectivity index (χ4v) is 1.28. The maximum Gasteiger partial charge on any atom is 0.100 e. The molecule has 0 aromatic carbocycles. The highest BCUT2D eigenvalue weighted by Gasteiger charge is 1.94. The molecule has 0 aromatic rings. The van der Waals surface area contributed by atoms with Crippen LogP contribution in [0.2, 0.25) is 0 Å². The van der Waals surface area contributed by atoms with Gasteiger partial charge in [-0.15, -0.1) is 13.2 Å². The first kappa shape index (κ1) is 24.8. The standard InChI is InChI=1S/C10H14O.C8H18O5/c1-5-7-9(3)11-10(4)8-6-2;9-1-3-11-5-7-13-8-6-12-4-2-10/h5-6H,1-4,7-8H2;9-10H,1-8H2. The van der Waals surface area contributed by atoms with E-state index in [0.717, 1.165) is 0 Å². The summed E-state index contributed by atoms with van der Waals surface area (Å²) >= 11 is 0. The molecule has 0 unspecified atom stereocenters. The molecule has 0 saturated heterocycles. The van der Waals surface area contributed by atoms with E-state index in [1.54, 1.807) is 12.2 Å². The third kappa shape index (κ3) is 22.8. The number of hydrogen-bond donors (Lipinski definition) is 2. The van der Waals surface area contributed by atoms with Crippen LogP contribution in [0, 0.1) is 0 Å². The lowest BCUT2D eigenvalue weighted by atomic mass is 10.3. The quantitative estimate of drug-likeness (QED) is 0.254. The largest absolute Gasteiger partial charge is 0.467 e. The predicted octanol–water partition coefficient (Wildman–Crippen LogP) is 2.20. The number of allylic oxidation sites excluding steroid dienone is 2. The summed E-state index contributed by atoms with van der Waals surface area (Å²) in [7, 11) is 0. The molecule has 0 fully saturated rings. The summed E-state index contributed by atoms with van der Waals surface area (Å²) in [6, 6.07) is 0. The van der Waals surface area contributed by atoms with Crippen molar-refractivity contribution in [3.63, 3.8) is 0 Å². The van der Waals surface area contributed by atoms with Crippen molar-refractivity contribution in [2.75, 3.05) is 52.9 Å². The Kier molecular flexibility index (Phi) is 22.3. The number of aliphatic hydroxyl groups is 2. The van der Waals surface area contributed by atoms with E-state index in [-0.39, 0.29) is 13.2 Å². The van der Waals surface area contributed by atoms with Crippen molar-refractivity contribution >= 4 is 0 Å². The molecule has 6 nitrogen and oxygen atoms in total. The number of rotatable bonds is 16. The van der Waals surface area contributed by atoms with Gasteiger partial charge in [-0.05, 0) is 0 Å². The second-order valence-corrected chi connectivity index (χ2v) is 4.45. The SMILES string of the molecule is C=CCC(=C)OC(=C)CC=C.OCCOCCOCCOCCO. The van der Waals surface area contributed by atoms with Crippen molar-refractivity contribution in [1.29, 1.82) is 0 Å². The fourth-order valence-electron chi connectivity index (χ4n) is 1.28. The molecule has 6 heteroatoms. The molecule has 0 rings (SSSR count). The molecule has 0 radical (unpaired) electrons. The van der Waals surface area contributed by atoms with Gasteiger partial charge in [0, 0.05) is 12.8 Å². The Balaban J connectivity index is 0. The predicted molar refractivity (Wildman–Crippen MR) is 95.6 cm³/mol. The van der Waals surface area contributed by atoms with Crippen LogP contribution in [0.4, 0.5) is 0 Å². The molecule has 0 aliphatic carbocycles. The van der Waals surface area contributed by atoms with Gasteiger partial charge in [-0.2, -0.15) is 0 Å². The smallest absolute Gasteiger partial charge is 0.100 e. The summed E-state index contributed by atoms with van der Waals surface area (Å²) in [5, 5.41) is 16.7. The fraction of sp³-hybridized carbons (Fsp3) is 0.556. The zero-order chi connectivity index (χ0) is 18.5. The molecule has 0 heterocycles. The Morgan fingerprint density at radius 3 is 1.29 bits per heavy atom. The highest BCUT2D eigenvalue weighted by atomic mass is 16.5. The van der Waals surface area contributed by atoms with Crippen LogP contribution in [0.25, 0.3) is 0 Å². The van der Waals surface area contributed by atoms with Gasteiger partial charge in [-0.1, -0.05) is 25.3 Å². The van der Waals surface area contributed by atoms with Gasteiger partial charge in [0.05, 0.1) is 52.9 Å². The molecule has 0 amide bonds. The zero-order valence-electron chi connectivity index (χ0n) is 14.6. The van der Waals surface area contributed by atoms with Crippen LogP contribution in [0.5, 0.6) is 0 Å². The molecule has 0 atom stereocenters. The third-order valence-electron chi connectivity index (χ3n) is 2.25. The first-order valence-corrected chi connectivity index (χ1v) is 7.82. The number of ether oxygens (including phenoxy) is 4. The minimum Gasteiger partial charge on any atom is -0.467 e. The van der Waals surface area contributed by atoms with Crippen LogP contribution >= 0.6 is 0 Å². The second-order valence-electron chi connectivity index (χ2n) is 4.45. The van der Waals surface area contributed by atoms with Gasteiger partial charge in [0.2, 0.25) is 0 Å². The lowest BCUT2D eigenvalue weighted by Crippen LogP contribution is -2.11. The molecule has 0 saturated carbocycles. The molecule has 140 valence electrons. The van der Waals surface area contributed by atoms with E-state index in [9.17, 15) is 0 Å². The van der Waals surface area contributed by atoms with Crippen molar-refractivity contribution in [1.82, 2.24) is 0 Å². The van der Waals surface area contributed by atoms with Gasteiger partial charge in [0.1, 0.15) is 11.5 Å². The van der Waals surface area contributed by atoms with Crippen molar-refractivity contribution < 1.29 is 29.2 Å². The Morgan fingerprint density at radius 1 is 0.667 bits per heavy atom. The first-order valence-electron chi connectivity index (χ1n) is 7.82. The van der Waals surface area contributed by atoms with E-state index < -0.39 is 0 Å². The molecule has 24 heavy (non-hydrogen) atoms. The molecule has 0 aliphatic heterocycles. The Labute approximate surface area is 145 Å². The zero-order valence-corrected chi connectivity index (χ0v) is 14.6. The van der Waals surface area contributed by atoms with E-state index in [4.69, 9.17) is 29.2 Å². The molecular formula is C18H32O6. The van der Waals surface area contributed by atoms with Gasteiger partial charge in [-0.25, -0.2) is 0 Å². The summed E-state index contributed by atoms with van der Waals surface area (Å²) in [6.45, 7) is 17.2. The lowest BCUT2D eigenvalue weighted by Gasteiger charge is -2.06. The van der Waals surface area contributed by atoms with Gasteiger partial charge < -0.3 is 29.2 Å². The van der Waals surface area contributed by atoms with E-state index in [2.05, 4.69) is 26.3 Å².